The van der Waals surface area contributed by atoms with E-state index in [1.165, 1.54) is 24.1 Å². The van der Waals surface area contributed by atoms with Crippen LogP contribution in [0.3, 0.4) is 0 Å². The fourth-order valence-electron chi connectivity index (χ4n) is 5.34. The first-order valence-corrected chi connectivity index (χ1v) is 13.5. The Kier molecular flexibility index (Phi) is 7.87. The van der Waals surface area contributed by atoms with Crippen LogP contribution in [0.4, 0.5) is 11.8 Å². The molecule has 5 rings (SSSR count). The second kappa shape index (κ2) is 11.6. The Labute approximate surface area is 219 Å². The Hall–Kier alpha value is -3.61. The molecule has 7 nitrogen and oxygen atoms in total. The average molecular weight is 500 g/mol. The number of amides is 1. The van der Waals surface area contributed by atoms with Crippen LogP contribution < -0.4 is 20.3 Å². The molecule has 3 aromatic rings. The molecule has 1 heterocycles. The molecular formula is C30H37N5O2. The lowest BCUT2D eigenvalue weighted by molar-refractivity contribution is -0.121. The van der Waals surface area contributed by atoms with Gasteiger partial charge in [0.1, 0.15) is 17.3 Å². The van der Waals surface area contributed by atoms with Gasteiger partial charge in [-0.15, -0.1) is 0 Å². The molecule has 37 heavy (non-hydrogen) atoms. The number of anilines is 2. The molecule has 0 aliphatic heterocycles. The summed E-state index contributed by atoms with van der Waals surface area (Å²) in [5.74, 6) is 3.43. The lowest BCUT2D eigenvalue weighted by atomic mass is 9.91. The summed E-state index contributed by atoms with van der Waals surface area (Å²) < 4.78 is 5.84. The van der Waals surface area contributed by atoms with E-state index < -0.39 is 0 Å². The van der Waals surface area contributed by atoms with Crippen molar-refractivity contribution < 1.29 is 9.53 Å². The molecule has 0 radical (unpaired) electrons. The largest absolute Gasteiger partial charge is 0.457 e. The van der Waals surface area contributed by atoms with Crippen molar-refractivity contribution in [2.45, 2.75) is 69.9 Å². The van der Waals surface area contributed by atoms with Gasteiger partial charge < -0.3 is 20.3 Å². The summed E-state index contributed by atoms with van der Waals surface area (Å²) in [6.45, 7) is 0. The van der Waals surface area contributed by atoms with E-state index in [9.17, 15) is 4.79 Å². The van der Waals surface area contributed by atoms with Crippen molar-refractivity contribution in [2.24, 2.45) is 0 Å². The summed E-state index contributed by atoms with van der Waals surface area (Å²) in [7, 11) is 4.11. The number of nitrogens with zero attached hydrogens (tertiary/aromatic N) is 3. The lowest BCUT2D eigenvalue weighted by Crippen LogP contribution is -2.41. The van der Waals surface area contributed by atoms with Gasteiger partial charge in [0.15, 0.2) is 0 Å². The van der Waals surface area contributed by atoms with E-state index in [0.717, 1.165) is 67.4 Å². The van der Waals surface area contributed by atoms with Crippen molar-refractivity contribution in [1.29, 1.82) is 0 Å². The van der Waals surface area contributed by atoms with Gasteiger partial charge >= 0.3 is 0 Å². The summed E-state index contributed by atoms with van der Waals surface area (Å²) in [5.41, 5.74) is 3.49. The van der Waals surface area contributed by atoms with E-state index >= 15 is 0 Å². The summed E-state index contributed by atoms with van der Waals surface area (Å²) >= 11 is 0. The maximum atomic E-state index is 12.7. The van der Waals surface area contributed by atoms with Crippen LogP contribution in [0.15, 0.2) is 54.6 Å². The number of aryl methyl sites for hydroxylation is 1. The number of benzene rings is 2. The summed E-state index contributed by atoms with van der Waals surface area (Å²) in [6, 6.07) is 18.0. The Balaban J connectivity index is 1.09. The zero-order valence-electron chi connectivity index (χ0n) is 21.9. The van der Waals surface area contributed by atoms with Crippen LogP contribution in [-0.2, 0) is 24.1 Å². The first-order chi connectivity index (χ1) is 18.0. The monoisotopic (exact) mass is 499 g/mol. The van der Waals surface area contributed by atoms with Crippen LogP contribution in [0, 0.1) is 0 Å². The van der Waals surface area contributed by atoms with E-state index in [2.05, 4.69) is 29.6 Å². The fraction of sp³-hybridized carbons (Fsp3) is 0.433. The third-order valence-electron chi connectivity index (χ3n) is 7.28. The van der Waals surface area contributed by atoms with Gasteiger partial charge in [0.25, 0.3) is 0 Å². The zero-order valence-corrected chi connectivity index (χ0v) is 21.9. The van der Waals surface area contributed by atoms with E-state index in [0.29, 0.717) is 12.5 Å². The summed E-state index contributed by atoms with van der Waals surface area (Å²) in [6.07, 6.45) is 8.80. The third-order valence-corrected chi connectivity index (χ3v) is 7.28. The summed E-state index contributed by atoms with van der Waals surface area (Å²) in [4.78, 5) is 24.5. The SMILES string of the molecule is CN(C)c1nc(N[C@H]2CC[C@@H](NC(=O)Cc3ccc(Oc4ccccc4)cc3)CC2)nc2c1CCCC2. The molecular weight excluding hydrogens is 462 g/mol. The number of rotatable bonds is 8. The van der Waals surface area contributed by atoms with Gasteiger partial charge in [0.2, 0.25) is 11.9 Å². The van der Waals surface area contributed by atoms with Crippen molar-refractivity contribution in [2.75, 3.05) is 24.3 Å². The van der Waals surface area contributed by atoms with Crippen LogP contribution in [0.5, 0.6) is 11.5 Å². The Morgan fingerprint density at radius 2 is 1.57 bits per heavy atom. The number of hydrogen-bond acceptors (Lipinski definition) is 6. The van der Waals surface area contributed by atoms with Gasteiger partial charge in [-0.25, -0.2) is 4.98 Å². The smallest absolute Gasteiger partial charge is 0.225 e. The van der Waals surface area contributed by atoms with Crippen molar-refractivity contribution in [1.82, 2.24) is 15.3 Å². The van der Waals surface area contributed by atoms with Crippen molar-refractivity contribution in [3.63, 3.8) is 0 Å². The fourth-order valence-corrected chi connectivity index (χ4v) is 5.34. The molecule has 0 saturated heterocycles. The van der Waals surface area contributed by atoms with Crippen molar-refractivity contribution >= 4 is 17.7 Å². The minimum Gasteiger partial charge on any atom is -0.457 e. The van der Waals surface area contributed by atoms with Gasteiger partial charge in [0.05, 0.1) is 12.1 Å². The predicted molar refractivity (Wildman–Crippen MR) is 147 cm³/mol. The normalized spacial score (nSPS) is 19.0. The van der Waals surface area contributed by atoms with E-state index in [-0.39, 0.29) is 11.9 Å². The number of ether oxygens (including phenoxy) is 1. The lowest BCUT2D eigenvalue weighted by Gasteiger charge is -2.30. The summed E-state index contributed by atoms with van der Waals surface area (Å²) in [5, 5.41) is 6.82. The average Bonchev–Trinajstić information content (AvgIpc) is 2.91. The maximum absolute atomic E-state index is 12.7. The van der Waals surface area contributed by atoms with Crippen LogP contribution >= 0.6 is 0 Å². The van der Waals surface area contributed by atoms with Gasteiger partial charge in [0, 0.05) is 31.7 Å². The van der Waals surface area contributed by atoms with Gasteiger partial charge in [-0.3, -0.25) is 4.79 Å². The third kappa shape index (κ3) is 6.59. The molecule has 2 aliphatic carbocycles. The molecule has 7 heteroatoms. The van der Waals surface area contributed by atoms with Gasteiger partial charge in [-0.2, -0.15) is 4.98 Å². The number of aromatic nitrogens is 2. The highest BCUT2D eigenvalue weighted by atomic mass is 16.5. The topological polar surface area (TPSA) is 79.4 Å². The number of nitrogens with one attached hydrogen (secondary N) is 2. The molecule has 2 aliphatic rings. The second-order valence-corrected chi connectivity index (χ2v) is 10.4. The highest BCUT2D eigenvalue weighted by Crippen LogP contribution is 2.29. The van der Waals surface area contributed by atoms with Crippen LogP contribution in [0.2, 0.25) is 0 Å². The zero-order chi connectivity index (χ0) is 25.6. The Morgan fingerprint density at radius 3 is 2.30 bits per heavy atom. The Morgan fingerprint density at radius 1 is 0.892 bits per heavy atom. The van der Waals surface area contributed by atoms with E-state index in [1.54, 1.807) is 0 Å². The van der Waals surface area contributed by atoms with Gasteiger partial charge in [-0.1, -0.05) is 30.3 Å². The quantitative estimate of drug-likeness (QED) is 0.438. The van der Waals surface area contributed by atoms with Crippen LogP contribution in [-0.4, -0.2) is 42.1 Å². The Bertz CT molecular complexity index is 1190. The molecule has 1 amide bonds. The molecule has 0 bridgehead atoms. The molecule has 0 atom stereocenters. The molecule has 2 N–H and O–H groups in total. The highest BCUT2D eigenvalue weighted by molar-refractivity contribution is 5.78. The minimum absolute atomic E-state index is 0.0711. The van der Waals surface area contributed by atoms with Crippen molar-refractivity contribution in [3.8, 4) is 11.5 Å². The second-order valence-electron chi connectivity index (χ2n) is 10.4. The minimum atomic E-state index is 0.0711. The van der Waals surface area contributed by atoms with Crippen LogP contribution in [0.1, 0.15) is 55.3 Å². The number of hydrogen-bond donors (Lipinski definition) is 2. The number of carbonyl (C=O) groups excluding carboxylic acids is 1. The van der Waals surface area contributed by atoms with E-state index in [4.69, 9.17) is 14.7 Å². The highest BCUT2D eigenvalue weighted by Gasteiger charge is 2.25. The van der Waals surface area contributed by atoms with Crippen LogP contribution in [0.25, 0.3) is 0 Å². The molecule has 2 aromatic carbocycles. The number of para-hydroxylation sites is 1. The maximum Gasteiger partial charge on any atom is 0.225 e. The van der Waals surface area contributed by atoms with E-state index in [1.807, 2.05) is 54.6 Å². The van der Waals surface area contributed by atoms with Gasteiger partial charge in [-0.05, 0) is 81.2 Å². The first kappa shape index (κ1) is 25.1. The molecule has 1 saturated carbocycles. The molecule has 194 valence electrons. The molecule has 0 unspecified atom stereocenters. The first-order valence-electron chi connectivity index (χ1n) is 13.5. The molecule has 1 fully saturated rings. The predicted octanol–water partition coefficient (Wildman–Crippen LogP) is 5.30. The standard InChI is InChI=1S/C30H37N5O2/c1-35(2)29-26-10-6-7-11-27(26)33-30(34-29)32-23-16-14-22(15-17-23)31-28(36)20-21-12-18-25(19-13-21)37-24-8-4-3-5-9-24/h3-5,8-9,12-13,18-19,22-23H,6-7,10-11,14-17,20H2,1-2H3,(H,31,36)(H,32,33,34)/t22-,23+. The molecule has 0 spiro atoms. The van der Waals surface area contributed by atoms with Crippen molar-refractivity contribution in [3.05, 3.63) is 71.4 Å². The number of carbonyl (C=O) groups is 1. The number of fused-ring (bicyclic) bond motifs is 1. The molecule has 1 aromatic heterocycles.